The average molecular weight is 301 g/mol. The first-order valence-electron chi connectivity index (χ1n) is 6.78. The van der Waals surface area contributed by atoms with E-state index in [-0.39, 0.29) is 22.4 Å². The Morgan fingerprint density at radius 1 is 1.35 bits per heavy atom. The molecule has 0 radical (unpaired) electrons. The first kappa shape index (κ1) is 15.0. The molecule has 6 heteroatoms. The molecule has 3 unspecified atom stereocenters. The van der Waals surface area contributed by atoms with Gasteiger partial charge in [0.25, 0.3) is 5.69 Å². The molecule has 1 aromatic carbocycles. The van der Waals surface area contributed by atoms with Crippen molar-refractivity contribution < 1.29 is 9.31 Å². The van der Waals surface area contributed by atoms with Crippen LogP contribution in [0, 0.1) is 27.8 Å². The Morgan fingerprint density at radius 2 is 2.05 bits per heavy atom. The molecule has 3 atom stereocenters. The van der Waals surface area contributed by atoms with E-state index in [0.717, 1.165) is 31.4 Å². The van der Waals surface area contributed by atoms with Gasteiger partial charge < -0.3 is 5.32 Å². The molecular formula is C14H18ClFN2O2. The van der Waals surface area contributed by atoms with Gasteiger partial charge in [0.2, 0.25) is 0 Å². The van der Waals surface area contributed by atoms with Crippen LogP contribution in [0.15, 0.2) is 12.1 Å². The lowest BCUT2D eigenvalue weighted by Gasteiger charge is -2.33. The molecule has 0 bridgehead atoms. The number of nitro groups is 1. The summed E-state index contributed by atoms with van der Waals surface area (Å²) in [6, 6.07) is 2.32. The molecule has 0 aromatic heterocycles. The zero-order chi connectivity index (χ0) is 14.9. The number of nitrogens with one attached hydrogen (secondary N) is 1. The molecule has 0 heterocycles. The zero-order valence-electron chi connectivity index (χ0n) is 11.5. The molecule has 0 aliphatic heterocycles. The Morgan fingerprint density at radius 3 is 2.65 bits per heavy atom. The van der Waals surface area contributed by atoms with Crippen molar-refractivity contribution in [1.82, 2.24) is 0 Å². The largest absolute Gasteiger partial charge is 0.377 e. The molecular weight excluding hydrogens is 283 g/mol. The van der Waals surface area contributed by atoms with Crippen LogP contribution in [0.3, 0.4) is 0 Å². The van der Waals surface area contributed by atoms with Crippen molar-refractivity contribution in [2.75, 3.05) is 5.32 Å². The highest BCUT2D eigenvalue weighted by Crippen LogP contribution is 2.35. The minimum Gasteiger partial charge on any atom is -0.377 e. The standard InChI is InChI=1S/C14H18ClFN2O2/c1-8-3-4-10(5-9(8)2)17-13-7-12(16)11(15)6-14(13)18(19)20/h6-10,17H,3-5H2,1-2H3. The smallest absolute Gasteiger partial charge is 0.294 e. The molecule has 0 saturated heterocycles. The van der Waals surface area contributed by atoms with E-state index < -0.39 is 10.7 Å². The molecule has 2 rings (SSSR count). The van der Waals surface area contributed by atoms with Gasteiger partial charge in [-0.25, -0.2) is 4.39 Å². The number of anilines is 1. The predicted molar refractivity (Wildman–Crippen MR) is 77.7 cm³/mol. The van der Waals surface area contributed by atoms with Gasteiger partial charge in [0.15, 0.2) is 0 Å². The SMILES string of the molecule is CC1CCC(Nc2cc(F)c(Cl)cc2[N+](=O)[O-])CC1C. The van der Waals surface area contributed by atoms with Gasteiger partial charge in [0.1, 0.15) is 11.5 Å². The fourth-order valence-electron chi connectivity index (χ4n) is 2.70. The van der Waals surface area contributed by atoms with E-state index in [1.54, 1.807) is 0 Å². The van der Waals surface area contributed by atoms with Crippen LogP contribution in [0.25, 0.3) is 0 Å². The fraction of sp³-hybridized carbons (Fsp3) is 0.571. The minimum atomic E-state index is -0.642. The van der Waals surface area contributed by atoms with Crippen molar-refractivity contribution >= 4 is 23.0 Å². The highest BCUT2D eigenvalue weighted by Gasteiger charge is 2.27. The summed E-state index contributed by atoms with van der Waals surface area (Å²) in [7, 11) is 0. The molecule has 110 valence electrons. The Kier molecular flexibility index (Phi) is 4.48. The maximum Gasteiger partial charge on any atom is 0.294 e. The van der Waals surface area contributed by atoms with E-state index in [4.69, 9.17) is 11.6 Å². The van der Waals surface area contributed by atoms with Gasteiger partial charge in [-0.05, 0) is 31.1 Å². The lowest BCUT2D eigenvalue weighted by molar-refractivity contribution is -0.384. The van der Waals surface area contributed by atoms with Crippen molar-refractivity contribution in [3.05, 3.63) is 33.1 Å². The Hall–Kier alpha value is -1.36. The normalized spacial score (nSPS) is 26.3. The molecule has 20 heavy (non-hydrogen) atoms. The van der Waals surface area contributed by atoms with E-state index in [1.165, 1.54) is 0 Å². The highest BCUT2D eigenvalue weighted by atomic mass is 35.5. The number of halogens is 2. The van der Waals surface area contributed by atoms with Crippen LogP contribution in [0.4, 0.5) is 15.8 Å². The van der Waals surface area contributed by atoms with Gasteiger partial charge in [-0.15, -0.1) is 0 Å². The molecule has 0 amide bonds. The first-order valence-corrected chi connectivity index (χ1v) is 7.16. The van der Waals surface area contributed by atoms with Crippen LogP contribution in [-0.2, 0) is 0 Å². The van der Waals surface area contributed by atoms with Crippen LogP contribution in [0.1, 0.15) is 33.1 Å². The number of nitro benzene ring substituents is 1. The van der Waals surface area contributed by atoms with E-state index in [9.17, 15) is 14.5 Å². The molecule has 1 fully saturated rings. The summed E-state index contributed by atoms with van der Waals surface area (Å²) in [5.74, 6) is 0.569. The van der Waals surface area contributed by atoms with E-state index in [1.807, 2.05) is 0 Å². The fourth-order valence-corrected chi connectivity index (χ4v) is 2.86. The summed E-state index contributed by atoms with van der Waals surface area (Å²) in [5.41, 5.74) is 0.0336. The maximum atomic E-state index is 13.5. The summed E-state index contributed by atoms with van der Waals surface area (Å²) in [6.07, 6.45) is 2.94. The molecule has 4 nitrogen and oxygen atoms in total. The summed E-state index contributed by atoms with van der Waals surface area (Å²) in [4.78, 5) is 10.5. The van der Waals surface area contributed by atoms with Crippen LogP contribution in [0.5, 0.6) is 0 Å². The third-order valence-electron chi connectivity index (χ3n) is 4.19. The van der Waals surface area contributed by atoms with Gasteiger partial charge in [-0.1, -0.05) is 25.4 Å². The van der Waals surface area contributed by atoms with Crippen molar-refractivity contribution in [2.24, 2.45) is 11.8 Å². The monoisotopic (exact) mass is 300 g/mol. The third-order valence-corrected chi connectivity index (χ3v) is 4.48. The predicted octanol–water partition coefficient (Wildman–Crippen LogP) is 4.62. The summed E-state index contributed by atoms with van der Waals surface area (Å²) in [6.45, 7) is 4.39. The molecule has 1 saturated carbocycles. The van der Waals surface area contributed by atoms with Gasteiger partial charge in [0, 0.05) is 18.2 Å². The minimum absolute atomic E-state index is 0.139. The van der Waals surface area contributed by atoms with E-state index in [2.05, 4.69) is 19.2 Å². The number of nitrogens with zero attached hydrogens (tertiary/aromatic N) is 1. The van der Waals surface area contributed by atoms with E-state index in [0.29, 0.717) is 11.8 Å². The van der Waals surface area contributed by atoms with Crippen LogP contribution >= 0.6 is 11.6 Å². The lowest BCUT2D eigenvalue weighted by atomic mass is 9.79. The van der Waals surface area contributed by atoms with Crippen molar-refractivity contribution in [3.8, 4) is 0 Å². The second-order valence-electron chi connectivity index (χ2n) is 5.65. The van der Waals surface area contributed by atoms with Gasteiger partial charge >= 0.3 is 0 Å². The number of hydrogen-bond donors (Lipinski definition) is 1. The van der Waals surface area contributed by atoms with Crippen LogP contribution in [-0.4, -0.2) is 11.0 Å². The second kappa shape index (κ2) is 5.95. The first-order chi connectivity index (χ1) is 9.38. The van der Waals surface area contributed by atoms with Crippen molar-refractivity contribution in [3.63, 3.8) is 0 Å². The Bertz CT molecular complexity index is 524. The highest BCUT2D eigenvalue weighted by molar-refractivity contribution is 6.31. The van der Waals surface area contributed by atoms with Crippen molar-refractivity contribution in [1.29, 1.82) is 0 Å². The zero-order valence-corrected chi connectivity index (χ0v) is 12.3. The van der Waals surface area contributed by atoms with Gasteiger partial charge in [-0.2, -0.15) is 0 Å². The van der Waals surface area contributed by atoms with Gasteiger partial charge in [-0.3, -0.25) is 10.1 Å². The topological polar surface area (TPSA) is 55.2 Å². The molecule has 1 aliphatic carbocycles. The number of rotatable bonds is 3. The van der Waals surface area contributed by atoms with E-state index >= 15 is 0 Å². The summed E-state index contributed by atoms with van der Waals surface area (Å²) < 4.78 is 13.5. The summed E-state index contributed by atoms with van der Waals surface area (Å²) >= 11 is 5.61. The number of benzene rings is 1. The molecule has 0 spiro atoms. The summed E-state index contributed by atoms with van der Waals surface area (Å²) in [5, 5.41) is 13.9. The van der Waals surface area contributed by atoms with Gasteiger partial charge in [0.05, 0.1) is 9.95 Å². The average Bonchev–Trinajstić information content (AvgIpc) is 2.37. The van der Waals surface area contributed by atoms with Crippen LogP contribution in [0.2, 0.25) is 5.02 Å². The molecule has 1 aliphatic rings. The Balaban J connectivity index is 2.20. The maximum absolute atomic E-state index is 13.5. The lowest BCUT2D eigenvalue weighted by Crippen LogP contribution is -2.30. The Labute approximate surface area is 122 Å². The second-order valence-corrected chi connectivity index (χ2v) is 6.06. The van der Waals surface area contributed by atoms with Crippen molar-refractivity contribution in [2.45, 2.75) is 39.2 Å². The molecule has 1 aromatic rings. The molecule has 1 N–H and O–H groups in total. The third kappa shape index (κ3) is 3.20. The quantitative estimate of drug-likeness (QED) is 0.654. The number of hydrogen-bond acceptors (Lipinski definition) is 3. The van der Waals surface area contributed by atoms with Crippen LogP contribution < -0.4 is 5.32 Å².